The van der Waals surface area contributed by atoms with Gasteiger partial charge in [0.05, 0.1) is 18.0 Å². The average molecular weight is 393 g/mol. The van der Waals surface area contributed by atoms with Crippen molar-refractivity contribution in [3.05, 3.63) is 48.5 Å². The van der Waals surface area contributed by atoms with E-state index in [1.54, 1.807) is 24.3 Å². The van der Waals surface area contributed by atoms with Crippen LogP contribution in [0.3, 0.4) is 0 Å². The lowest BCUT2D eigenvalue weighted by molar-refractivity contribution is -0.117. The van der Waals surface area contributed by atoms with Crippen LogP contribution in [0.15, 0.2) is 53.4 Å². The second kappa shape index (κ2) is 9.36. The number of rotatable bonds is 9. The minimum absolute atomic E-state index is 0.0457. The van der Waals surface area contributed by atoms with Crippen molar-refractivity contribution >= 4 is 21.6 Å². The maximum absolute atomic E-state index is 12.4. The third kappa shape index (κ3) is 5.95. The van der Waals surface area contributed by atoms with Crippen molar-refractivity contribution in [2.75, 3.05) is 25.6 Å². The molecule has 0 spiro atoms. The highest BCUT2D eigenvalue weighted by Gasteiger charge is 2.22. The maximum Gasteiger partial charge on any atom is 0.242 e. The Labute approximate surface area is 158 Å². The van der Waals surface area contributed by atoms with Gasteiger partial charge in [0.1, 0.15) is 18.1 Å². The summed E-state index contributed by atoms with van der Waals surface area (Å²) < 4.78 is 37.5. The van der Waals surface area contributed by atoms with Gasteiger partial charge in [0.25, 0.3) is 0 Å². The summed E-state index contributed by atoms with van der Waals surface area (Å²) in [5, 5.41) is 2.65. The molecule has 4 N–H and O–H groups in total. The number of sulfonamides is 1. The first-order valence-electron chi connectivity index (χ1n) is 8.26. The molecule has 0 fully saturated rings. The standard InChI is InChI=1S/C18H23N3O5S/c1-13(21-27(23,24)17-9-7-15(25-2)8-10-17)18(22)20-14-3-5-16(6-4-14)26-12-11-19/h3-10,13,21H,11-12,19H2,1-2H3,(H,20,22)/t13-/m0/s1. The molecule has 0 radical (unpaired) electrons. The number of nitrogens with one attached hydrogen (secondary N) is 2. The summed E-state index contributed by atoms with van der Waals surface area (Å²) in [7, 11) is -2.35. The van der Waals surface area contributed by atoms with Crippen LogP contribution in [0.4, 0.5) is 5.69 Å². The molecule has 0 heterocycles. The highest BCUT2D eigenvalue weighted by Crippen LogP contribution is 2.17. The molecule has 2 aromatic rings. The van der Waals surface area contributed by atoms with Crippen molar-refractivity contribution < 1.29 is 22.7 Å². The largest absolute Gasteiger partial charge is 0.497 e. The van der Waals surface area contributed by atoms with Crippen molar-refractivity contribution in [2.45, 2.75) is 17.9 Å². The Morgan fingerprint density at radius 2 is 1.67 bits per heavy atom. The van der Waals surface area contributed by atoms with Crippen LogP contribution in [-0.4, -0.2) is 40.6 Å². The van der Waals surface area contributed by atoms with Crippen molar-refractivity contribution in [2.24, 2.45) is 5.73 Å². The lowest BCUT2D eigenvalue weighted by atomic mass is 10.2. The molecule has 2 rings (SSSR count). The molecule has 1 atom stereocenters. The third-order valence-corrected chi connectivity index (χ3v) is 5.16. The Balaban J connectivity index is 1.97. The second-order valence-corrected chi connectivity index (χ2v) is 7.38. The molecule has 27 heavy (non-hydrogen) atoms. The molecule has 2 aromatic carbocycles. The van der Waals surface area contributed by atoms with Crippen molar-refractivity contribution in [1.82, 2.24) is 4.72 Å². The molecule has 0 saturated heterocycles. The number of hydrogen-bond donors (Lipinski definition) is 3. The van der Waals surface area contributed by atoms with Gasteiger partial charge in [-0.15, -0.1) is 0 Å². The van der Waals surface area contributed by atoms with E-state index in [4.69, 9.17) is 15.2 Å². The van der Waals surface area contributed by atoms with E-state index in [2.05, 4.69) is 10.0 Å². The van der Waals surface area contributed by atoms with Gasteiger partial charge in [0.2, 0.25) is 15.9 Å². The Morgan fingerprint density at radius 1 is 1.07 bits per heavy atom. The van der Waals surface area contributed by atoms with Gasteiger partial charge >= 0.3 is 0 Å². The SMILES string of the molecule is COc1ccc(S(=O)(=O)N[C@@H](C)C(=O)Nc2ccc(OCCN)cc2)cc1. The van der Waals surface area contributed by atoms with Gasteiger partial charge in [-0.3, -0.25) is 4.79 Å². The van der Waals surface area contributed by atoms with Crippen LogP contribution in [0.1, 0.15) is 6.92 Å². The van der Waals surface area contributed by atoms with Crippen molar-refractivity contribution in [3.63, 3.8) is 0 Å². The van der Waals surface area contributed by atoms with Gasteiger partial charge in [0.15, 0.2) is 0 Å². The zero-order valence-corrected chi connectivity index (χ0v) is 16.0. The number of amides is 1. The molecule has 0 aliphatic rings. The van der Waals surface area contributed by atoms with Crippen LogP contribution in [0.5, 0.6) is 11.5 Å². The maximum atomic E-state index is 12.4. The summed E-state index contributed by atoms with van der Waals surface area (Å²) in [6.45, 7) is 2.27. The summed E-state index contributed by atoms with van der Waals surface area (Å²) >= 11 is 0. The van der Waals surface area contributed by atoms with Gasteiger partial charge in [-0.25, -0.2) is 8.42 Å². The van der Waals surface area contributed by atoms with E-state index in [1.807, 2.05) is 0 Å². The molecular formula is C18H23N3O5S. The van der Waals surface area contributed by atoms with Crippen LogP contribution in [0.25, 0.3) is 0 Å². The topological polar surface area (TPSA) is 120 Å². The minimum atomic E-state index is -3.84. The quantitative estimate of drug-likeness (QED) is 0.591. The van der Waals surface area contributed by atoms with Crippen LogP contribution < -0.4 is 25.2 Å². The third-order valence-electron chi connectivity index (χ3n) is 3.60. The van der Waals surface area contributed by atoms with Gasteiger partial charge in [0, 0.05) is 12.2 Å². The fourth-order valence-corrected chi connectivity index (χ4v) is 3.37. The molecular weight excluding hydrogens is 370 g/mol. The fraction of sp³-hybridized carbons (Fsp3) is 0.278. The van der Waals surface area contributed by atoms with Crippen LogP contribution in [0.2, 0.25) is 0 Å². The molecule has 0 saturated carbocycles. The number of methoxy groups -OCH3 is 1. The predicted octanol–water partition coefficient (Wildman–Crippen LogP) is 1.34. The van der Waals surface area contributed by atoms with Crippen molar-refractivity contribution in [1.29, 1.82) is 0 Å². The van der Waals surface area contributed by atoms with Gasteiger partial charge in [-0.05, 0) is 55.5 Å². The van der Waals surface area contributed by atoms with Gasteiger partial charge in [-0.1, -0.05) is 0 Å². The van der Waals surface area contributed by atoms with E-state index >= 15 is 0 Å². The first-order chi connectivity index (χ1) is 12.9. The number of anilines is 1. The first-order valence-corrected chi connectivity index (χ1v) is 9.74. The smallest absolute Gasteiger partial charge is 0.242 e. The second-order valence-electron chi connectivity index (χ2n) is 5.67. The summed E-state index contributed by atoms with van der Waals surface area (Å²) in [4.78, 5) is 12.3. The number of hydrogen-bond acceptors (Lipinski definition) is 6. The van der Waals surface area contributed by atoms with E-state index in [0.29, 0.717) is 30.3 Å². The minimum Gasteiger partial charge on any atom is -0.497 e. The number of carbonyl (C=O) groups excluding carboxylic acids is 1. The summed E-state index contributed by atoms with van der Waals surface area (Å²) in [6, 6.07) is 11.6. The molecule has 8 nitrogen and oxygen atoms in total. The lowest BCUT2D eigenvalue weighted by Crippen LogP contribution is -2.41. The van der Waals surface area contributed by atoms with E-state index in [9.17, 15) is 13.2 Å². The van der Waals surface area contributed by atoms with E-state index < -0.39 is 22.0 Å². The lowest BCUT2D eigenvalue weighted by Gasteiger charge is -2.15. The normalized spacial score (nSPS) is 12.3. The summed E-state index contributed by atoms with van der Waals surface area (Å²) in [5.74, 6) is 0.688. The molecule has 0 aliphatic heterocycles. The highest BCUT2D eigenvalue weighted by atomic mass is 32.2. The molecule has 0 unspecified atom stereocenters. The van der Waals surface area contributed by atoms with E-state index in [0.717, 1.165) is 0 Å². The predicted molar refractivity (Wildman–Crippen MR) is 102 cm³/mol. The number of carbonyl (C=O) groups is 1. The average Bonchev–Trinajstić information content (AvgIpc) is 2.67. The monoisotopic (exact) mass is 393 g/mol. The van der Waals surface area contributed by atoms with Crippen LogP contribution >= 0.6 is 0 Å². The van der Waals surface area contributed by atoms with Crippen LogP contribution in [0, 0.1) is 0 Å². The molecule has 9 heteroatoms. The number of nitrogens with two attached hydrogens (primary N) is 1. The first kappa shape index (κ1) is 20.7. The number of benzene rings is 2. The Hall–Kier alpha value is -2.62. The Kier molecular flexibility index (Phi) is 7.17. The molecule has 146 valence electrons. The van der Waals surface area contributed by atoms with Crippen LogP contribution in [-0.2, 0) is 14.8 Å². The summed E-state index contributed by atoms with van der Waals surface area (Å²) in [6.07, 6.45) is 0. The molecule has 1 amide bonds. The van der Waals surface area contributed by atoms with E-state index in [1.165, 1.54) is 38.3 Å². The number of ether oxygens (including phenoxy) is 2. The zero-order chi connectivity index (χ0) is 19.9. The summed E-state index contributed by atoms with van der Waals surface area (Å²) in [5.41, 5.74) is 5.89. The van der Waals surface area contributed by atoms with Gasteiger partial charge < -0.3 is 20.5 Å². The highest BCUT2D eigenvalue weighted by molar-refractivity contribution is 7.89. The fourth-order valence-electron chi connectivity index (χ4n) is 2.17. The zero-order valence-electron chi connectivity index (χ0n) is 15.1. The molecule has 0 aliphatic carbocycles. The van der Waals surface area contributed by atoms with Gasteiger partial charge in [-0.2, -0.15) is 4.72 Å². The molecule has 0 aromatic heterocycles. The van der Waals surface area contributed by atoms with E-state index in [-0.39, 0.29) is 4.90 Å². The molecule has 0 bridgehead atoms. The Bertz CT molecular complexity index is 852. The van der Waals surface area contributed by atoms with Crippen molar-refractivity contribution in [3.8, 4) is 11.5 Å². The Morgan fingerprint density at radius 3 is 2.22 bits per heavy atom.